The minimum Gasteiger partial charge on any atom is -0.345 e. The molecule has 1 amide bonds. The van der Waals surface area contributed by atoms with Crippen molar-refractivity contribution in [2.45, 2.75) is 11.3 Å². The molecule has 0 bridgehead atoms. The first-order valence-corrected chi connectivity index (χ1v) is 14.3. The van der Waals surface area contributed by atoms with Crippen molar-refractivity contribution in [3.05, 3.63) is 82.9 Å². The fourth-order valence-electron chi connectivity index (χ4n) is 4.76. The van der Waals surface area contributed by atoms with Crippen LogP contribution in [-0.2, 0) is 16.4 Å². The van der Waals surface area contributed by atoms with Gasteiger partial charge in [-0.05, 0) is 60.5 Å². The molecular weight excluding hydrogens is 516 g/mol. The van der Waals surface area contributed by atoms with E-state index in [-0.39, 0.29) is 10.8 Å². The Morgan fingerprint density at radius 2 is 1.67 bits per heavy atom. The average Bonchev–Trinajstić information content (AvgIpc) is 3.53. The second-order valence-electron chi connectivity index (χ2n) is 8.87. The minimum atomic E-state index is -3.68. The lowest BCUT2D eigenvalue weighted by atomic mass is 10.2. The van der Waals surface area contributed by atoms with Crippen LogP contribution in [0.2, 0.25) is 5.02 Å². The Bertz CT molecular complexity index is 1560. The van der Waals surface area contributed by atoms with E-state index in [0.717, 1.165) is 26.6 Å². The van der Waals surface area contributed by atoms with Crippen LogP contribution < -0.4 is 9.21 Å². The third-order valence-electron chi connectivity index (χ3n) is 6.71. The van der Waals surface area contributed by atoms with Gasteiger partial charge in [0, 0.05) is 43.3 Å². The molecule has 0 spiro atoms. The molecule has 0 unspecified atom stereocenters. The highest BCUT2D eigenvalue weighted by atomic mass is 35.5. The largest absolute Gasteiger partial charge is 0.345 e. The highest BCUT2D eigenvalue weighted by molar-refractivity contribution is 7.92. The van der Waals surface area contributed by atoms with Gasteiger partial charge in [0.05, 0.1) is 20.8 Å². The van der Waals surface area contributed by atoms with Crippen LogP contribution in [0.15, 0.2) is 71.6 Å². The number of hydrogen-bond acceptors (Lipinski definition) is 6. The lowest BCUT2D eigenvalue weighted by Gasteiger charge is -2.34. The molecule has 7 nitrogen and oxygen atoms in total. The molecule has 1 aromatic heterocycles. The van der Waals surface area contributed by atoms with Gasteiger partial charge in [0.25, 0.3) is 15.9 Å². The topological polar surface area (TPSA) is 73.8 Å². The number of carbonyl (C=O) groups excluding carboxylic acids is 1. The van der Waals surface area contributed by atoms with Crippen LogP contribution in [0.5, 0.6) is 0 Å². The zero-order chi connectivity index (χ0) is 24.9. The Balaban J connectivity index is 1.13. The number of benzene rings is 3. The summed E-state index contributed by atoms with van der Waals surface area (Å²) >= 11 is 7.70. The van der Waals surface area contributed by atoms with Gasteiger partial charge in [0.1, 0.15) is 0 Å². The van der Waals surface area contributed by atoms with Gasteiger partial charge in [-0.3, -0.25) is 9.10 Å². The molecule has 0 atom stereocenters. The molecular formula is C26H23ClN4O3S2. The van der Waals surface area contributed by atoms with Gasteiger partial charge in [0.2, 0.25) is 0 Å². The first-order chi connectivity index (χ1) is 17.4. The number of aromatic nitrogens is 1. The Kier molecular flexibility index (Phi) is 5.86. The number of fused-ring (bicyclic) bond motifs is 2. The number of carbonyl (C=O) groups is 1. The molecule has 0 saturated carbocycles. The van der Waals surface area contributed by atoms with Crippen LogP contribution in [-0.4, -0.2) is 56.9 Å². The number of nitrogens with zero attached hydrogens (tertiary/aromatic N) is 4. The third-order valence-corrected chi connectivity index (χ3v) is 9.85. The van der Waals surface area contributed by atoms with Crippen molar-refractivity contribution in [1.29, 1.82) is 0 Å². The van der Waals surface area contributed by atoms with Crippen LogP contribution in [0, 0.1) is 0 Å². The Labute approximate surface area is 218 Å². The second kappa shape index (κ2) is 9.06. The smallest absolute Gasteiger partial charge is 0.264 e. The first kappa shape index (κ1) is 23.3. The van der Waals surface area contributed by atoms with Crippen molar-refractivity contribution in [3.8, 4) is 0 Å². The molecule has 10 heteroatoms. The molecule has 36 heavy (non-hydrogen) atoms. The lowest BCUT2D eigenvalue weighted by Crippen LogP contribution is -2.48. The highest BCUT2D eigenvalue weighted by Crippen LogP contribution is 2.33. The summed E-state index contributed by atoms with van der Waals surface area (Å²) in [5, 5.41) is 1.62. The second-order valence-corrected chi connectivity index (χ2v) is 12.2. The van der Waals surface area contributed by atoms with E-state index in [1.165, 1.54) is 16.4 Å². The fourth-order valence-corrected chi connectivity index (χ4v) is 7.56. The van der Waals surface area contributed by atoms with Crippen LogP contribution in [0.4, 0.5) is 10.8 Å². The lowest BCUT2D eigenvalue weighted by molar-refractivity contribution is 0.0746. The molecule has 4 aromatic rings. The van der Waals surface area contributed by atoms with Crippen molar-refractivity contribution in [1.82, 2.24) is 9.88 Å². The van der Waals surface area contributed by atoms with Crippen LogP contribution in [0.1, 0.15) is 15.9 Å². The van der Waals surface area contributed by atoms with Crippen LogP contribution >= 0.6 is 22.9 Å². The molecule has 0 N–H and O–H groups in total. The summed E-state index contributed by atoms with van der Waals surface area (Å²) in [4.78, 5) is 22.0. The fraction of sp³-hybridized carbons (Fsp3) is 0.231. The highest BCUT2D eigenvalue weighted by Gasteiger charge is 2.31. The maximum absolute atomic E-state index is 13.2. The van der Waals surface area contributed by atoms with E-state index < -0.39 is 10.0 Å². The van der Waals surface area contributed by atoms with Gasteiger partial charge in [-0.1, -0.05) is 41.1 Å². The van der Waals surface area contributed by atoms with Crippen molar-refractivity contribution in [3.63, 3.8) is 0 Å². The molecule has 184 valence electrons. The van der Waals surface area contributed by atoms with E-state index in [9.17, 15) is 13.2 Å². The van der Waals surface area contributed by atoms with Crippen LogP contribution in [0.3, 0.4) is 0 Å². The quantitative estimate of drug-likeness (QED) is 0.378. The van der Waals surface area contributed by atoms with Crippen LogP contribution in [0.25, 0.3) is 10.2 Å². The molecule has 2 aliphatic heterocycles. The van der Waals surface area contributed by atoms with Crippen molar-refractivity contribution >= 4 is 59.9 Å². The number of halogens is 1. The Morgan fingerprint density at radius 1 is 0.917 bits per heavy atom. The third kappa shape index (κ3) is 4.11. The van der Waals surface area contributed by atoms with Crippen molar-refractivity contribution in [2.75, 3.05) is 41.9 Å². The standard InChI is InChI=1S/C26H23ClN4O3S2/c27-20-7-10-22-24(17-20)35-26(28-22)30-15-13-29(14-16-30)25(32)19-5-8-21(9-6-19)36(33,34)31-12-11-18-3-1-2-4-23(18)31/h1-10,17H,11-16H2. The SMILES string of the molecule is O=C(c1ccc(S(=O)(=O)N2CCc3ccccc32)cc1)N1CCN(c2nc3ccc(Cl)cc3s2)CC1. The number of rotatable bonds is 4. The summed E-state index contributed by atoms with van der Waals surface area (Å²) in [6.45, 7) is 2.93. The number of amides is 1. The van der Waals surface area contributed by atoms with Gasteiger partial charge in [-0.15, -0.1) is 0 Å². The van der Waals surface area contributed by atoms with Gasteiger partial charge in [0.15, 0.2) is 5.13 Å². The first-order valence-electron chi connectivity index (χ1n) is 11.7. The minimum absolute atomic E-state index is 0.0961. The monoisotopic (exact) mass is 538 g/mol. The van der Waals surface area contributed by atoms with E-state index in [2.05, 4.69) is 4.90 Å². The molecule has 1 saturated heterocycles. The summed E-state index contributed by atoms with van der Waals surface area (Å²) < 4.78 is 29.0. The molecule has 6 rings (SSSR count). The predicted molar refractivity (Wildman–Crippen MR) is 144 cm³/mol. The number of piperazine rings is 1. The van der Waals surface area contributed by atoms with E-state index in [0.29, 0.717) is 49.7 Å². The molecule has 0 radical (unpaired) electrons. The van der Waals surface area contributed by atoms with Crippen molar-refractivity contribution < 1.29 is 13.2 Å². The van der Waals surface area contributed by atoms with E-state index in [1.807, 2.05) is 42.5 Å². The number of sulfonamides is 1. The molecule has 3 aromatic carbocycles. The number of anilines is 2. The summed E-state index contributed by atoms with van der Waals surface area (Å²) in [6, 6.07) is 19.5. The summed E-state index contributed by atoms with van der Waals surface area (Å²) in [5.74, 6) is -0.0961. The van der Waals surface area contributed by atoms with Gasteiger partial charge in [-0.2, -0.15) is 0 Å². The maximum Gasteiger partial charge on any atom is 0.264 e. The molecule has 1 fully saturated rings. The number of thiazole rings is 1. The van der Waals surface area contributed by atoms with Gasteiger partial charge < -0.3 is 9.80 Å². The summed E-state index contributed by atoms with van der Waals surface area (Å²) in [5.41, 5.74) is 3.16. The normalized spacial score (nSPS) is 16.0. The zero-order valence-corrected chi connectivity index (χ0v) is 21.7. The van der Waals surface area contributed by atoms with Gasteiger partial charge >= 0.3 is 0 Å². The molecule has 2 aliphatic rings. The summed E-state index contributed by atoms with van der Waals surface area (Å²) in [7, 11) is -3.68. The van der Waals surface area contributed by atoms with E-state index >= 15 is 0 Å². The number of hydrogen-bond donors (Lipinski definition) is 0. The van der Waals surface area contributed by atoms with E-state index in [4.69, 9.17) is 16.6 Å². The predicted octanol–water partition coefficient (Wildman–Crippen LogP) is 4.66. The maximum atomic E-state index is 13.2. The van der Waals surface area contributed by atoms with Crippen molar-refractivity contribution in [2.24, 2.45) is 0 Å². The Hall–Kier alpha value is -3.14. The molecule has 3 heterocycles. The van der Waals surface area contributed by atoms with Gasteiger partial charge in [-0.25, -0.2) is 13.4 Å². The molecule has 0 aliphatic carbocycles. The van der Waals surface area contributed by atoms with E-state index in [1.54, 1.807) is 28.4 Å². The average molecular weight is 539 g/mol. The summed E-state index contributed by atoms with van der Waals surface area (Å²) in [6.07, 6.45) is 0.697. The zero-order valence-electron chi connectivity index (χ0n) is 19.3. The number of para-hydroxylation sites is 1. The Morgan fingerprint density at radius 3 is 2.44 bits per heavy atom.